The second kappa shape index (κ2) is 15.8. The number of benzene rings is 1. The number of ether oxygens (including phenoxy) is 1. The fourth-order valence-corrected chi connectivity index (χ4v) is 7.80. The highest BCUT2D eigenvalue weighted by atomic mass is 19.4. The number of nitrogens with one attached hydrogen (secondary N) is 1. The predicted octanol–water partition coefficient (Wildman–Crippen LogP) is 6.51. The summed E-state index contributed by atoms with van der Waals surface area (Å²) in [4.78, 5) is 41.2. The molecule has 0 spiro atoms. The minimum Gasteiger partial charge on any atom is -0.460 e. The summed E-state index contributed by atoms with van der Waals surface area (Å²) in [5.41, 5.74) is -1.41. The molecule has 1 atom stereocenters. The van der Waals surface area contributed by atoms with Gasteiger partial charge in [-0.2, -0.15) is 26.3 Å². The van der Waals surface area contributed by atoms with Crippen LogP contribution in [0, 0.1) is 23.7 Å². The van der Waals surface area contributed by atoms with Crippen molar-refractivity contribution in [3.8, 4) is 0 Å². The zero-order valence-corrected chi connectivity index (χ0v) is 27.5. The monoisotopic (exact) mass is 697 g/mol. The minimum atomic E-state index is -4.86. The number of carbonyl (C=O) groups is 3. The highest BCUT2D eigenvalue weighted by molar-refractivity contribution is 5.98. The summed E-state index contributed by atoms with van der Waals surface area (Å²) in [5.74, 6) is -1.59. The maximum atomic E-state index is 13.7. The van der Waals surface area contributed by atoms with Gasteiger partial charge in [-0.15, -0.1) is 0 Å². The molecule has 1 saturated carbocycles. The highest BCUT2D eigenvalue weighted by Crippen LogP contribution is 2.43. The number of alkyl halides is 6. The van der Waals surface area contributed by atoms with Crippen LogP contribution >= 0.6 is 0 Å². The van der Waals surface area contributed by atoms with E-state index in [4.69, 9.17) is 4.74 Å². The summed E-state index contributed by atoms with van der Waals surface area (Å²) >= 11 is 0. The predicted molar refractivity (Wildman–Crippen MR) is 170 cm³/mol. The summed E-state index contributed by atoms with van der Waals surface area (Å²) in [7, 11) is 0. The SMILES string of the molecule is O=COC1(CNC[C@H]2CC[C@H](C(=O)N3CCC(C(=O)c4ccccc4)CC3)CC2)CCN(CC2=C(C(F)(F)F)CC(C(F)(F)F)C=C2)CC1. The van der Waals surface area contributed by atoms with Crippen LogP contribution in [0.1, 0.15) is 68.1 Å². The van der Waals surface area contributed by atoms with E-state index in [1.165, 1.54) is 0 Å². The quantitative estimate of drug-likeness (QED) is 0.162. The maximum absolute atomic E-state index is 13.7. The number of allylic oxidation sites excluding steroid dienone is 2. The first-order valence-electron chi connectivity index (χ1n) is 17.2. The molecule has 0 radical (unpaired) electrons. The molecule has 2 aliphatic carbocycles. The molecule has 1 aromatic carbocycles. The van der Waals surface area contributed by atoms with Gasteiger partial charge in [-0.1, -0.05) is 42.5 Å². The molecule has 3 fully saturated rings. The van der Waals surface area contributed by atoms with Gasteiger partial charge in [0.2, 0.25) is 5.91 Å². The van der Waals surface area contributed by atoms with E-state index in [0.29, 0.717) is 77.3 Å². The van der Waals surface area contributed by atoms with Crippen molar-refractivity contribution in [3.05, 3.63) is 59.2 Å². The maximum Gasteiger partial charge on any atom is 0.413 e. The summed E-state index contributed by atoms with van der Waals surface area (Å²) in [6.45, 7) is 3.14. The van der Waals surface area contributed by atoms with E-state index in [2.05, 4.69) is 5.32 Å². The number of piperidine rings is 2. The van der Waals surface area contributed by atoms with Gasteiger partial charge in [-0.3, -0.25) is 19.3 Å². The Morgan fingerprint density at radius 3 is 2.14 bits per heavy atom. The van der Waals surface area contributed by atoms with Crippen molar-refractivity contribution in [2.24, 2.45) is 23.7 Å². The van der Waals surface area contributed by atoms with Gasteiger partial charge in [0.05, 0.1) is 5.92 Å². The number of amides is 1. The van der Waals surface area contributed by atoms with Crippen LogP contribution in [0.25, 0.3) is 0 Å². The molecule has 0 aromatic heterocycles. The van der Waals surface area contributed by atoms with Crippen molar-refractivity contribution in [2.75, 3.05) is 45.8 Å². The fraction of sp³-hybridized carbons (Fsp3) is 0.639. The van der Waals surface area contributed by atoms with Crippen molar-refractivity contribution in [3.63, 3.8) is 0 Å². The van der Waals surface area contributed by atoms with E-state index in [0.717, 1.165) is 43.4 Å². The number of carbonyl (C=O) groups excluding carboxylic acids is 3. The molecular weight excluding hydrogens is 652 g/mol. The second-order valence-corrected chi connectivity index (χ2v) is 14.1. The molecule has 2 heterocycles. The van der Waals surface area contributed by atoms with Gasteiger partial charge in [0.15, 0.2) is 5.78 Å². The van der Waals surface area contributed by atoms with E-state index in [1.54, 1.807) is 4.90 Å². The van der Waals surface area contributed by atoms with Gasteiger partial charge in [-0.05, 0) is 63.0 Å². The number of Topliss-reactive ketones (excluding diaryl/α,β-unsaturated/α-hetero) is 1. The number of hydrogen-bond donors (Lipinski definition) is 1. The number of halogens is 6. The lowest BCUT2D eigenvalue weighted by molar-refractivity contribution is -0.166. The van der Waals surface area contributed by atoms with Crippen molar-refractivity contribution >= 4 is 18.2 Å². The Labute approximate surface area is 283 Å². The molecule has 270 valence electrons. The lowest BCUT2D eigenvalue weighted by Gasteiger charge is -2.41. The summed E-state index contributed by atoms with van der Waals surface area (Å²) in [5, 5.41) is 3.42. The lowest BCUT2D eigenvalue weighted by Crippen LogP contribution is -2.52. The molecule has 0 bridgehead atoms. The molecule has 7 nitrogen and oxygen atoms in total. The van der Waals surface area contributed by atoms with Gasteiger partial charge in [0.1, 0.15) is 5.60 Å². The average molecular weight is 698 g/mol. The Bertz CT molecular complexity index is 1350. The fourth-order valence-electron chi connectivity index (χ4n) is 7.80. The number of ketones is 1. The molecule has 1 N–H and O–H groups in total. The topological polar surface area (TPSA) is 79.0 Å². The molecule has 2 aliphatic heterocycles. The Morgan fingerprint density at radius 1 is 0.898 bits per heavy atom. The summed E-state index contributed by atoms with van der Waals surface area (Å²) < 4.78 is 86.0. The lowest BCUT2D eigenvalue weighted by atomic mass is 9.80. The van der Waals surface area contributed by atoms with Crippen LogP contribution in [0.4, 0.5) is 26.3 Å². The molecule has 1 aromatic rings. The third-order valence-electron chi connectivity index (χ3n) is 10.9. The van der Waals surface area contributed by atoms with Gasteiger partial charge in [0.25, 0.3) is 6.47 Å². The number of likely N-dealkylation sites (tertiary alicyclic amines) is 2. The van der Waals surface area contributed by atoms with Crippen LogP contribution in [0.3, 0.4) is 0 Å². The third kappa shape index (κ3) is 9.53. The Morgan fingerprint density at radius 2 is 1.55 bits per heavy atom. The molecule has 2 saturated heterocycles. The Kier molecular flexibility index (Phi) is 11.9. The van der Waals surface area contributed by atoms with E-state index in [1.807, 2.05) is 35.2 Å². The average Bonchev–Trinajstić information content (AvgIpc) is 3.09. The Balaban J connectivity index is 1.04. The first-order valence-corrected chi connectivity index (χ1v) is 17.2. The van der Waals surface area contributed by atoms with Gasteiger partial charge in [-0.25, -0.2) is 0 Å². The van der Waals surface area contributed by atoms with Gasteiger partial charge in [0, 0.05) is 75.1 Å². The molecule has 13 heteroatoms. The Hall–Kier alpha value is -3.19. The zero-order chi connectivity index (χ0) is 35.2. The van der Waals surface area contributed by atoms with Gasteiger partial charge >= 0.3 is 12.4 Å². The molecular formula is C36H45F6N3O4. The number of hydrogen-bond acceptors (Lipinski definition) is 6. The van der Waals surface area contributed by atoms with Crippen LogP contribution in [-0.4, -0.2) is 91.7 Å². The third-order valence-corrected chi connectivity index (χ3v) is 10.9. The van der Waals surface area contributed by atoms with E-state index >= 15 is 0 Å². The minimum absolute atomic E-state index is 0.0296. The van der Waals surface area contributed by atoms with Crippen LogP contribution in [0.5, 0.6) is 0 Å². The second-order valence-electron chi connectivity index (χ2n) is 14.1. The smallest absolute Gasteiger partial charge is 0.413 e. The van der Waals surface area contributed by atoms with E-state index in [9.17, 15) is 40.7 Å². The summed E-state index contributed by atoms with van der Waals surface area (Å²) in [6, 6.07) is 9.27. The van der Waals surface area contributed by atoms with Crippen LogP contribution in [0.2, 0.25) is 0 Å². The van der Waals surface area contributed by atoms with Crippen molar-refractivity contribution in [2.45, 2.75) is 75.7 Å². The summed E-state index contributed by atoms with van der Waals surface area (Å²) in [6.07, 6.45) is -3.56. The number of rotatable bonds is 11. The zero-order valence-electron chi connectivity index (χ0n) is 27.5. The first-order chi connectivity index (χ1) is 23.3. The molecule has 1 unspecified atom stereocenters. The van der Waals surface area contributed by atoms with Crippen molar-refractivity contribution < 1.29 is 45.5 Å². The molecule has 49 heavy (non-hydrogen) atoms. The molecule has 4 aliphatic rings. The van der Waals surface area contributed by atoms with Crippen LogP contribution < -0.4 is 5.32 Å². The first kappa shape index (κ1) is 37.1. The van der Waals surface area contributed by atoms with Crippen molar-refractivity contribution in [1.29, 1.82) is 0 Å². The van der Waals surface area contributed by atoms with E-state index in [-0.39, 0.29) is 35.6 Å². The molecule has 1 amide bonds. The van der Waals surface area contributed by atoms with Crippen LogP contribution in [-0.2, 0) is 14.3 Å². The molecule has 5 rings (SSSR count). The standard InChI is InChI=1S/C36H45F6N3O4/c37-35(38,39)30-11-10-29(31(20-30)36(40,41)42)22-44-18-14-34(15-19-44,49-24-46)23-43-21-25-6-8-28(9-7-25)33(48)45-16-12-27(13-17-45)32(47)26-4-2-1-3-5-26/h1-5,10-11,24-25,27-28,30,43H,6-9,12-23H2/t25-,28-,30?. The van der Waals surface area contributed by atoms with Crippen LogP contribution in [0.15, 0.2) is 53.6 Å². The largest absolute Gasteiger partial charge is 0.460 e. The number of nitrogens with zero attached hydrogens (tertiary/aromatic N) is 2. The highest BCUT2D eigenvalue weighted by Gasteiger charge is 2.46. The van der Waals surface area contributed by atoms with Crippen molar-refractivity contribution in [1.82, 2.24) is 15.1 Å². The normalized spacial score (nSPS) is 25.7. The van der Waals surface area contributed by atoms with E-state index < -0.39 is 35.9 Å². The van der Waals surface area contributed by atoms with Gasteiger partial charge < -0.3 is 15.0 Å².